The minimum Gasteiger partial charge on any atom is -0.389 e. The maximum atomic E-state index is 9.84. The molecular formula is C13H23N3O3. The van der Waals surface area contributed by atoms with Gasteiger partial charge in [0.2, 0.25) is 5.89 Å². The van der Waals surface area contributed by atoms with Gasteiger partial charge < -0.3 is 14.4 Å². The van der Waals surface area contributed by atoms with E-state index in [1.807, 2.05) is 13.8 Å². The SMILES string of the molecule is COC[C@@H](O)CN1CCC[C@@H]1c1noc(C(C)C)n1. The van der Waals surface area contributed by atoms with E-state index in [1.54, 1.807) is 7.11 Å². The molecule has 0 unspecified atom stereocenters. The fourth-order valence-corrected chi connectivity index (χ4v) is 2.47. The Morgan fingerprint density at radius 2 is 2.32 bits per heavy atom. The smallest absolute Gasteiger partial charge is 0.229 e. The van der Waals surface area contributed by atoms with Crippen LogP contribution in [0.2, 0.25) is 0 Å². The van der Waals surface area contributed by atoms with Gasteiger partial charge in [-0.2, -0.15) is 4.98 Å². The van der Waals surface area contributed by atoms with Crippen LogP contribution in [-0.2, 0) is 4.74 Å². The van der Waals surface area contributed by atoms with Crippen molar-refractivity contribution in [2.45, 2.75) is 44.8 Å². The van der Waals surface area contributed by atoms with Crippen molar-refractivity contribution in [2.24, 2.45) is 0 Å². The lowest BCUT2D eigenvalue weighted by atomic mass is 10.2. The number of nitrogens with zero attached hydrogens (tertiary/aromatic N) is 3. The van der Waals surface area contributed by atoms with Crippen LogP contribution >= 0.6 is 0 Å². The topological polar surface area (TPSA) is 71.6 Å². The molecule has 0 amide bonds. The van der Waals surface area contributed by atoms with Crippen LogP contribution in [0.5, 0.6) is 0 Å². The molecule has 0 bridgehead atoms. The van der Waals surface area contributed by atoms with Crippen molar-refractivity contribution in [2.75, 3.05) is 26.8 Å². The summed E-state index contributed by atoms with van der Waals surface area (Å²) in [5.41, 5.74) is 0. The Bertz CT molecular complexity index is 394. The minimum atomic E-state index is -0.470. The van der Waals surface area contributed by atoms with Crippen LogP contribution in [0.15, 0.2) is 4.52 Å². The van der Waals surface area contributed by atoms with Crippen molar-refractivity contribution in [1.29, 1.82) is 0 Å². The number of hydrogen-bond donors (Lipinski definition) is 1. The summed E-state index contributed by atoms with van der Waals surface area (Å²) < 4.78 is 10.2. The molecule has 0 spiro atoms. The lowest BCUT2D eigenvalue weighted by Gasteiger charge is -2.24. The van der Waals surface area contributed by atoms with Gasteiger partial charge in [0.15, 0.2) is 5.82 Å². The third kappa shape index (κ3) is 3.52. The van der Waals surface area contributed by atoms with E-state index in [9.17, 15) is 5.11 Å². The molecule has 1 saturated heterocycles. The molecule has 6 heteroatoms. The molecule has 1 aliphatic heterocycles. The first-order valence-electron chi connectivity index (χ1n) is 6.86. The van der Waals surface area contributed by atoms with Crippen LogP contribution < -0.4 is 0 Å². The highest BCUT2D eigenvalue weighted by Gasteiger charge is 2.31. The third-order valence-corrected chi connectivity index (χ3v) is 3.42. The zero-order chi connectivity index (χ0) is 13.8. The Morgan fingerprint density at radius 3 is 2.95 bits per heavy atom. The van der Waals surface area contributed by atoms with Crippen LogP contribution in [0.4, 0.5) is 0 Å². The fraction of sp³-hybridized carbons (Fsp3) is 0.846. The lowest BCUT2D eigenvalue weighted by molar-refractivity contribution is 0.0336. The van der Waals surface area contributed by atoms with E-state index in [0.29, 0.717) is 19.0 Å². The average Bonchev–Trinajstić information content (AvgIpc) is 2.96. The van der Waals surface area contributed by atoms with Crippen molar-refractivity contribution in [1.82, 2.24) is 15.0 Å². The van der Waals surface area contributed by atoms with Gasteiger partial charge in [-0.05, 0) is 19.4 Å². The number of likely N-dealkylation sites (tertiary alicyclic amines) is 1. The molecule has 1 fully saturated rings. The van der Waals surface area contributed by atoms with E-state index < -0.39 is 6.10 Å². The molecule has 1 N–H and O–H groups in total. The second-order valence-corrected chi connectivity index (χ2v) is 5.41. The van der Waals surface area contributed by atoms with Gasteiger partial charge >= 0.3 is 0 Å². The molecular weight excluding hydrogens is 246 g/mol. The van der Waals surface area contributed by atoms with E-state index in [1.165, 1.54) is 0 Å². The van der Waals surface area contributed by atoms with E-state index in [-0.39, 0.29) is 12.0 Å². The number of ether oxygens (including phenoxy) is 1. The zero-order valence-corrected chi connectivity index (χ0v) is 11.9. The van der Waals surface area contributed by atoms with Crippen LogP contribution in [-0.4, -0.2) is 53.1 Å². The zero-order valence-electron chi connectivity index (χ0n) is 11.9. The highest BCUT2D eigenvalue weighted by Crippen LogP contribution is 2.30. The molecule has 2 heterocycles. The summed E-state index contributed by atoms with van der Waals surface area (Å²) >= 11 is 0. The van der Waals surface area contributed by atoms with E-state index in [0.717, 1.165) is 25.2 Å². The summed E-state index contributed by atoms with van der Waals surface area (Å²) in [6, 6.07) is 0.155. The lowest BCUT2D eigenvalue weighted by Crippen LogP contribution is -2.34. The Balaban J connectivity index is 2.01. The molecule has 2 atom stereocenters. The Morgan fingerprint density at radius 1 is 1.53 bits per heavy atom. The maximum Gasteiger partial charge on any atom is 0.229 e. The van der Waals surface area contributed by atoms with E-state index >= 15 is 0 Å². The number of aliphatic hydroxyl groups is 1. The van der Waals surface area contributed by atoms with Crippen molar-refractivity contribution in [3.63, 3.8) is 0 Å². The Hall–Kier alpha value is -0.980. The molecule has 2 rings (SSSR count). The summed E-state index contributed by atoms with van der Waals surface area (Å²) in [6.45, 7) is 5.96. The minimum absolute atomic E-state index is 0.155. The summed E-state index contributed by atoms with van der Waals surface area (Å²) in [5.74, 6) is 1.67. The normalized spacial score (nSPS) is 22.3. The van der Waals surface area contributed by atoms with Crippen LogP contribution in [0, 0.1) is 0 Å². The monoisotopic (exact) mass is 269 g/mol. The van der Waals surface area contributed by atoms with Gasteiger partial charge in [0.05, 0.1) is 18.8 Å². The molecule has 108 valence electrons. The van der Waals surface area contributed by atoms with Gasteiger partial charge in [-0.3, -0.25) is 4.90 Å². The predicted octanol–water partition coefficient (Wildman–Crippen LogP) is 1.34. The summed E-state index contributed by atoms with van der Waals surface area (Å²) in [5, 5.41) is 13.9. The highest BCUT2D eigenvalue weighted by atomic mass is 16.5. The number of methoxy groups -OCH3 is 1. The second kappa shape index (κ2) is 6.45. The van der Waals surface area contributed by atoms with Crippen molar-refractivity contribution in [3.8, 4) is 0 Å². The number of aliphatic hydroxyl groups excluding tert-OH is 1. The predicted molar refractivity (Wildman–Crippen MR) is 69.8 cm³/mol. The van der Waals surface area contributed by atoms with Gasteiger partial charge in [-0.15, -0.1) is 0 Å². The van der Waals surface area contributed by atoms with Gasteiger partial charge in [0.1, 0.15) is 0 Å². The van der Waals surface area contributed by atoms with Crippen molar-refractivity contribution >= 4 is 0 Å². The summed E-state index contributed by atoms with van der Waals surface area (Å²) in [7, 11) is 1.60. The summed E-state index contributed by atoms with van der Waals surface area (Å²) in [4.78, 5) is 6.67. The van der Waals surface area contributed by atoms with Crippen molar-refractivity contribution in [3.05, 3.63) is 11.7 Å². The first-order valence-corrected chi connectivity index (χ1v) is 6.86. The number of rotatable bonds is 6. The number of aromatic nitrogens is 2. The molecule has 1 aromatic heterocycles. The van der Waals surface area contributed by atoms with Crippen molar-refractivity contribution < 1.29 is 14.4 Å². The van der Waals surface area contributed by atoms with E-state index in [4.69, 9.17) is 9.26 Å². The first kappa shape index (κ1) is 14.4. The molecule has 6 nitrogen and oxygen atoms in total. The highest BCUT2D eigenvalue weighted by molar-refractivity contribution is 5.00. The van der Waals surface area contributed by atoms with Crippen LogP contribution in [0.3, 0.4) is 0 Å². The van der Waals surface area contributed by atoms with Gasteiger partial charge in [0, 0.05) is 19.6 Å². The van der Waals surface area contributed by atoms with Gasteiger partial charge in [-0.1, -0.05) is 19.0 Å². The molecule has 0 aromatic carbocycles. The largest absolute Gasteiger partial charge is 0.389 e. The van der Waals surface area contributed by atoms with E-state index in [2.05, 4.69) is 15.0 Å². The Kier molecular flexibility index (Phi) is 4.90. The third-order valence-electron chi connectivity index (χ3n) is 3.42. The Labute approximate surface area is 113 Å². The molecule has 19 heavy (non-hydrogen) atoms. The fourth-order valence-electron chi connectivity index (χ4n) is 2.47. The maximum absolute atomic E-state index is 9.84. The first-order chi connectivity index (χ1) is 9.11. The quantitative estimate of drug-likeness (QED) is 0.840. The summed E-state index contributed by atoms with van der Waals surface area (Å²) in [6.07, 6.45) is 1.63. The van der Waals surface area contributed by atoms with Gasteiger partial charge in [-0.25, -0.2) is 0 Å². The molecule has 0 radical (unpaired) electrons. The molecule has 0 aliphatic carbocycles. The molecule has 1 aliphatic rings. The molecule has 1 aromatic rings. The number of β-amino-alcohol motifs (C(OH)–C–C–N with tert-alkyl or cyclic N) is 1. The standard InChI is InChI=1S/C13H23N3O3/c1-9(2)13-14-12(15-19-13)11-5-4-6-16(11)7-10(17)8-18-3/h9-11,17H,4-8H2,1-3H3/t10-,11+/m0/s1. The average molecular weight is 269 g/mol. The number of hydrogen-bond acceptors (Lipinski definition) is 6. The van der Waals surface area contributed by atoms with Crippen LogP contribution in [0.25, 0.3) is 0 Å². The van der Waals surface area contributed by atoms with Gasteiger partial charge in [0.25, 0.3) is 0 Å². The second-order valence-electron chi connectivity index (χ2n) is 5.41. The molecule has 0 saturated carbocycles. The van der Waals surface area contributed by atoms with Crippen LogP contribution in [0.1, 0.15) is 50.4 Å².